The molecule has 13 heavy (non-hydrogen) atoms. The lowest BCUT2D eigenvalue weighted by molar-refractivity contribution is -0.213. The highest BCUT2D eigenvalue weighted by atomic mass is 35.6. The van der Waals surface area contributed by atoms with Crippen molar-refractivity contribution in [1.29, 1.82) is 0 Å². The largest absolute Gasteiger partial charge is 0.405 e. The fourth-order valence-corrected chi connectivity index (χ4v) is 0.910. The molecule has 4 nitrogen and oxygen atoms in total. The van der Waals surface area contributed by atoms with Gasteiger partial charge in [0.2, 0.25) is 0 Å². The van der Waals surface area contributed by atoms with Crippen LogP contribution in [0.4, 0.5) is 0 Å². The molecule has 0 saturated heterocycles. The monoisotopic (exact) mass is 270 g/mol. The Hall–Kier alpha value is 0.980. The lowest BCUT2D eigenvalue weighted by atomic mass is 10.4. The molecule has 8 heteroatoms. The first kappa shape index (κ1) is 14.0. The summed E-state index contributed by atoms with van der Waals surface area (Å²) in [6.07, 6.45) is 1.56. The van der Waals surface area contributed by atoms with E-state index < -0.39 is 11.1 Å². The molecule has 1 unspecified atom stereocenters. The molecule has 0 radical (unpaired) electrons. The van der Waals surface area contributed by atoms with Crippen LogP contribution in [-0.2, 0) is 14.1 Å². The summed E-state index contributed by atoms with van der Waals surface area (Å²) in [5, 5.41) is 0. The zero-order valence-electron chi connectivity index (χ0n) is 6.87. The van der Waals surface area contributed by atoms with E-state index in [-0.39, 0.29) is 6.61 Å². The fourth-order valence-electron chi connectivity index (χ4n) is 0.354. The maximum absolute atomic E-state index is 11.0. The molecule has 0 fully saturated rings. The summed E-state index contributed by atoms with van der Waals surface area (Å²) in [5.41, 5.74) is 0. The quantitative estimate of drug-likeness (QED) is 0.274. The van der Waals surface area contributed by atoms with Crippen molar-refractivity contribution < 1.29 is 19.0 Å². The van der Waals surface area contributed by atoms with Crippen LogP contribution in [0, 0.1) is 0 Å². The Balaban J connectivity index is 3.84. The molecule has 0 aromatic carbocycles. The van der Waals surface area contributed by atoms with Gasteiger partial charge < -0.3 is 4.89 Å². The standard InChI is InChI=1S/C5H10Cl3O4P/c1-2-3-4-11-12-13(9,10)5(6,7)8/h2-4H2,1H3,(H,9,10). The second kappa shape index (κ2) is 5.76. The van der Waals surface area contributed by atoms with Crippen molar-refractivity contribution >= 4 is 42.4 Å². The number of halogens is 3. The van der Waals surface area contributed by atoms with Gasteiger partial charge in [-0.15, -0.1) is 4.67 Å². The first-order valence-corrected chi connectivity index (χ1v) is 6.23. The Morgan fingerprint density at radius 1 is 1.46 bits per heavy atom. The van der Waals surface area contributed by atoms with Crippen LogP contribution in [0.3, 0.4) is 0 Å². The van der Waals surface area contributed by atoms with E-state index in [1.54, 1.807) is 0 Å². The van der Waals surface area contributed by atoms with E-state index >= 15 is 0 Å². The molecule has 0 saturated carbocycles. The van der Waals surface area contributed by atoms with E-state index in [4.69, 9.17) is 39.7 Å². The van der Waals surface area contributed by atoms with Gasteiger partial charge in [-0.2, -0.15) is 0 Å². The van der Waals surface area contributed by atoms with Crippen molar-refractivity contribution in [2.75, 3.05) is 6.61 Å². The Morgan fingerprint density at radius 2 is 2.00 bits per heavy atom. The van der Waals surface area contributed by atoms with Crippen LogP contribution in [-0.4, -0.2) is 15.0 Å². The number of hydrogen-bond donors (Lipinski definition) is 1. The molecule has 0 spiro atoms. The maximum atomic E-state index is 11.0. The summed E-state index contributed by atoms with van der Waals surface area (Å²) in [6.45, 7) is 2.11. The highest BCUT2D eigenvalue weighted by molar-refractivity contribution is 7.61. The minimum Gasteiger partial charge on any atom is -0.320 e. The minimum atomic E-state index is -4.34. The van der Waals surface area contributed by atoms with Crippen LogP contribution in [0.5, 0.6) is 0 Å². The summed E-state index contributed by atoms with van der Waals surface area (Å²) < 4.78 is 12.7. The normalized spacial score (nSPS) is 17.0. The molecule has 1 N–H and O–H groups in total. The molecular weight excluding hydrogens is 261 g/mol. The van der Waals surface area contributed by atoms with Gasteiger partial charge in [-0.05, 0) is 6.42 Å². The SMILES string of the molecule is CCCCOOP(=O)(O)C(Cl)(Cl)Cl. The number of unbranched alkanes of at least 4 members (excludes halogenated alkanes) is 1. The van der Waals surface area contributed by atoms with Crippen LogP contribution < -0.4 is 0 Å². The summed E-state index contributed by atoms with van der Waals surface area (Å²) >= 11 is 15.5. The topological polar surface area (TPSA) is 55.8 Å². The lowest BCUT2D eigenvalue weighted by Gasteiger charge is -2.16. The smallest absolute Gasteiger partial charge is 0.320 e. The molecule has 0 aliphatic rings. The van der Waals surface area contributed by atoms with Crippen molar-refractivity contribution in [1.82, 2.24) is 0 Å². The van der Waals surface area contributed by atoms with Crippen LogP contribution in [0.1, 0.15) is 19.8 Å². The van der Waals surface area contributed by atoms with Gasteiger partial charge in [0.05, 0.1) is 6.61 Å². The zero-order valence-corrected chi connectivity index (χ0v) is 10.0. The highest BCUT2D eigenvalue weighted by Crippen LogP contribution is 2.62. The summed E-state index contributed by atoms with van der Waals surface area (Å²) in [5.74, 6) is 0. The van der Waals surface area contributed by atoms with Crippen LogP contribution in [0.15, 0.2) is 0 Å². The second-order valence-corrected chi connectivity index (χ2v) is 7.17. The van der Waals surface area contributed by atoms with E-state index in [0.29, 0.717) is 6.42 Å². The molecule has 0 aliphatic heterocycles. The average Bonchev–Trinajstić information content (AvgIpc) is 1.96. The number of alkyl halides is 3. The van der Waals surface area contributed by atoms with Crippen LogP contribution in [0.25, 0.3) is 0 Å². The Labute approximate surface area is 91.5 Å². The Kier molecular flexibility index (Phi) is 6.20. The van der Waals surface area contributed by atoms with E-state index in [0.717, 1.165) is 6.42 Å². The Bertz CT molecular complexity index is 193. The predicted molar refractivity (Wildman–Crippen MR) is 52.1 cm³/mol. The van der Waals surface area contributed by atoms with Gasteiger partial charge in [0.1, 0.15) is 0 Å². The van der Waals surface area contributed by atoms with E-state index in [2.05, 4.69) is 9.56 Å². The van der Waals surface area contributed by atoms with Crippen LogP contribution >= 0.6 is 42.4 Å². The molecule has 0 aromatic rings. The average molecular weight is 271 g/mol. The van der Waals surface area contributed by atoms with Gasteiger partial charge in [0.15, 0.2) is 0 Å². The van der Waals surface area contributed by atoms with E-state index in [9.17, 15) is 4.57 Å². The highest BCUT2D eigenvalue weighted by Gasteiger charge is 2.46. The maximum Gasteiger partial charge on any atom is 0.405 e. The van der Waals surface area contributed by atoms with E-state index in [1.165, 1.54) is 0 Å². The van der Waals surface area contributed by atoms with Gasteiger partial charge in [-0.3, -0.25) is 4.57 Å². The number of rotatable bonds is 5. The summed E-state index contributed by atoms with van der Waals surface area (Å²) in [7, 11) is -4.34. The molecule has 0 amide bonds. The minimum absolute atomic E-state index is 0.182. The molecule has 0 bridgehead atoms. The third-order valence-corrected chi connectivity index (χ3v) is 3.93. The third-order valence-electron chi connectivity index (χ3n) is 1.06. The molecule has 80 valence electrons. The molecule has 0 aliphatic carbocycles. The summed E-state index contributed by atoms with van der Waals surface area (Å²) in [4.78, 5) is 13.4. The summed E-state index contributed by atoms with van der Waals surface area (Å²) in [6, 6.07) is 0. The van der Waals surface area contributed by atoms with Crippen LogP contribution in [0.2, 0.25) is 0 Å². The zero-order chi connectivity index (χ0) is 10.5. The first-order valence-electron chi connectivity index (χ1n) is 3.52. The van der Waals surface area contributed by atoms with Crippen molar-refractivity contribution in [2.24, 2.45) is 0 Å². The van der Waals surface area contributed by atoms with Crippen molar-refractivity contribution in [3.05, 3.63) is 0 Å². The molecular formula is C5H10Cl3O4P. The van der Waals surface area contributed by atoms with Gasteiger partial charge in [-0.25, -0.2) is 4.89 Å². The molecule has 1 atom stereocenters. The number of hydrogen-bond acceptors (Lipinski definition) is 3. The van der Waals surface area contributed by atoms with Gasteiger partial charge in [-0.1, -0.05) is 48.1 Å². The molecule has 0 aromatic heterocycles. The third kappa shape index (κ3) is 5.43. The molecule has 0 heterocycles. The van der Waals surface area contributed by atoms with Crippen molar-refractivity contribution in [3.63, 3.8) is 0 Å². The Morgan fingerprint density at radius 3 is 2.38 bits per heavy atom. The molecule has 0 rings (SSSR count). The van der Waals surface area contributed by atoms with Gasteiger partial charge in [0, 0.05) is 0 Å². The lowest BCUT2D eigenvalue weighted by Crippen LogP contribution is -2.07. The van der Waals surface area contributed by atoms with Crippen molar-refractivity contribution in [3.8, 4) is 0 Å². The van der Waals surface area contributed by atoms with Crippen molar-refractivity contribution in [2.45, 2.75) is 23.3 Å². The second-order valence-electron chi connectivity index (χ2n) is 2.24. The van der Waals surface area contributed by atoms with E-state index in [1.807, 2.05) is 6.92 Å². The van der Waals surface area contributed by atoms with Gasteiger partial charge >= 0.3 is 7.60 Å². The fraction of sp³-hybridized carbons (Fsp3) is 1.00. The van der Waals surface area contributed by atoms with Gasteiger partial charge in [0.25, 0.3) is 3.53 Å². The predicted octanol–water partition coefficient (Wildman–Crippen LogP) is 3.25. The first-order chi connectivity index (χ1) is 5.81.